The van der Waals surface area contributed by atoms with E-state index in [1.54, 1.807) is 0 Å². The van der Waals surface area contributed by atoms with Gasteiger partial charge in [-0.25, -0.2) is 0 Å². The molecule has 3 aliphatic carbocycles. The lowest BCUT2D eigenvalue weighted by molar-refractivity contribution is -0.164. The summed E-state index contributed by atoms with van der Waals surface area (Å²) >= 11 is -0.615. The maximum Gasteiger partial charge on any atom is 0.306 e. The summed E-state index contributed by atoms with van der Waals surface area (Å²) in [5.41, 5.74) is 0.533. The van der Waals surface area contributed by atoms with Crippen molar-refractivity contribution in [2.75, 3.05) is 18.6 Å². The first kappa shape index (κ1) is 32.2. The van der Waals surface area contributed by atoms with Gasteiger partial charge in [-0.05, 0) is 107 Å². The van der Waals surface area contributed by atoms with Crippen LogP contribution in [0.3, 0.4) is 0 Å². The molecule has 1 amide bonds. The van der Waals surface area contributed by atoms with Gasteiger partial charge < -0.3 is 14.2 Å². The Morgan fingerprint density at radius 1 is 0.950 bits per heavy atom. The van der Waals surface area contributed by atoms with Gasteiger partial charge in [0.25, 0.3) is 0 Å². The Labute approximate surface area is 248 Å². The molecule has 4 rings (SSSR count). The number of unbranched alkanes of at least 4 members (excludes halogenated alkanes) is 7. The van der Waals surface area contributed by atoms with Crippen LogP contribution in [0.4, 0.5) is 0 Å². The number of carbonyl (C=O) groups excluding carboxylic acids is 2. The number of hydrogen-bond acceptors (Lipinski definition) is 4. The highest BCUT2D eigenvalue weighted by Gasteiger charge is 2.61. The molecular formula is C34H59NO4S. The zero-order valence-corrected chi connectivity index (χ0v) is 27.2. The molecular weight excluding hydrogens is 518 g/mol. The third kappa shape index (κ3) is 6.90. The van der Waals surface area contributed by atoms with Crippen LogP contribution in [0.5, 0.6) is 0 Å². The minimum Gasteiger partial charge on any atom is -0.616 e. The van der Waals surface area contributed by atoms with E-state index in [4.69, 9.17) is 4.74 Å². The van der Waals surface area contributed by atoms with Crippen LogP contribution in [-0.4, -0.2) is 52.0 Å². The van der Waals surface area contributed by atoms with Gasteiger partial charge in [0, 0.05) is 31.8 Å². The second-order valence-corrected chi connectivity index (χ2v) is 16.3. The van der Waals surface area contributed by atoms with Gasteiger partial charge >= 0.3 is 5.97 Å². The summed E-state index contributed by atoms with van der Waals surface area (Å²) in [6, 6.07) is 0.417. The Kier molecular flexibility index (Phi) is 11.4. The normalized spacial score (nSPS) is 36.9. The predicted octanol–water partition coefficient (Wildman–Crippen LogP) is 7.68. The highest BCUT2D eigenvalue weighted by molar-refractivity contribution is 7.91. The topological polar surface area (TPSA) is 69.7 Å². The van der Waals surface area contributed by atoms with E-state index in [0.717, 1.165) is 61.4 Å². The van der Waals surface area contributed by atoms with Crippen LogP contribution in [0.2, 0.25) is 0 Å². The zero-order chi connectivity index (χ0) is 28.9. The molecule has 230 valence electrons. The van der Waals surface area contributed by atoms with Gasteiger partial charge in [0.1, 0.15) is 17.6 Å². The van der Waals surface area contributed by atoms with Crippen LogP contribution in [0.25, 0.3) is 0 Å². The monoisotopic (exact) mass is 577 g/mol. The number of rotatable bonds is 14. The van der Waals surface area contributed by atoms with Crippen molar-refractivity contribution in [3.05, 3.63) is 0 Å². The summed E-state index contributed by atoms with van der Waals surface area (Å²) in [5, 5.41) is 0. The quantitative estimate of drug-likeness (QED) is 0.121. The molecule has 0 spiro atoms. The van der Waals surface area contributed by atoms with Crippen LogP contribution >= 0.6 is 0 Å². The Bertz CT molecular complexity index is 852. The van der Waals surface area contributed by atoms with Crippen LogP contribution in [0.1, 0.15) is 137 Å². The summed E-state index contributed by atoms with van der Waals surface area (Å²) in [4.78, 5) is 27.3. The molecule has 0 radical (unpaired) electrons. The first-order chi connectivity index (χ1) is 19.1. The Morgan fingerprint density at radius 2 is 1.60 bits per heavy atom. The molecule has 4 aliphatic rings. The minimum absolute atomic E-state index is 0.0000832. The molecule has 40 heavy (non-hydrogen) atoms. The lowest BCUT2D eigenvalue weighted by atomic mass is 9.46. The maximum atomic E-state index is 12.8. The summed E-state index contributed by atoms with van der Waals surface area (Å²) in [6.45, 7) is 9.17. The molecule has 0 aromatic heterocycles. The number of esters is 1. The van der Waals surface area contributed by atoms with Gasteiger partial charge in [0.2, 0.25) is 5.91 Å². The van der Waals surface area contributed by atoms with Gasteiger partial charge in [0.05, 0.1) is 0 Å². The van der Waals surface area contributed by atoms with E-state index in [-0.39, 0.29) is 22.9 Å². The number of fused-ring (bicyclic) bond motifs is 5. The summed E-state index contributed by atoms with van der Waals surface area (Å²) < 4.78 is 17.6. The van der Waals surface area contributed by atoms with Crippen molar-refractivity contribution in [2.45, 2.75) is 149 Å². The molecule has 5 nitrogen and oxygen atoms in total. The van der Waals surface area contributed by atoms with Crippen molar-refractivity contribution >= 4 is 23.1 Å². The summed E-state index contributed by atoms with van der Waals surface area (Å²) in [5.74, 6) is 4.67. The van der Waals surface area contributed by atoms with E-state index >= 15 is 0 Å². The van der Waals surface area contributed by atoms with Gasteiger partial charge in [0.15, 0.2) is 0 Å². The van der Waals surface area contributed by atoms with E-state index in [0.29, 0.717) is 30.7 Å². The highest BCUT2D eigenvalue weighted by atomic mass is 32.2. The Morgan fingerprint density at radius 3 is 2.30 bits per heavy atom. The van der Waals surface area contributed by atoms with Gasteiger partial charge in [-0.15, -0.1) is 0 Å². The molecule has 9 atom stereocenters. The van der Waals surface area contributed by atoms with E-state index < -0.39 is 11.2 Å². The van der Waals surface area contributed by atoms with Crippen molar-refractivity contribution in [3.63, 3.8) is 0 Å². The highest BCUT2D eigenvalue weighted by Crippen LogP contribution is 2.66. The van der Waals surface area contributed by atoms with Crippen molar-refractivity contribution in [1.82, 2.24) is 4.90 Å². The largest absolute Gasteiger partial charge is 0.616 e. The molecule has 3 saturated carbocycles. The fourth-order valence-corrected chi connectivity index (χ4v) is 10.9. The van der Waals surface area contributed by atoms with Crippen molar-refractivity contribution in [2.24, 2.45) is 34.5 Å². The maximum absolute atomic E-state index is 12.8. The Hall–Kier alpha value is -0.750. The van der Waals surface area contributed by atoms with Crippen molar-refractivity contribution in [1.29, 1.82) is 0 Å². The molecule has 1 heterocycles. The molecule has 0 aromatic carbocycles. The number of ether oxygens (including phenoxy) is 1. The van der Waals surface area contributed by atoms with Gasteiger partial charge in [-0.3, -0.25) is 9.59 Å². The fourth-order valence-electron chi connectivity index (χ4n) is 10.0. The molecule has 0 aromatic rings. The smallest absolute Gasteiger partial charge is 0.306 e. The number of nitrogens with zero attached hydrogens (tertiary/aromatic N) is 1. The standard InChI is InChI=1S/C34H59NO4S/c1-6-40(38)24-14-12-10-8-7-9-11-13-15-32(37)39-25(2)27-17-18-28-26-16-19-30-34(4,23-21-31(36)35(30)5)29(26)20-22-33(27,28)3/h25-30H,6-24H2,1-5H3/t25?,26-,27+,28-,29-,30?,33+,34+,40?/m0/s1. The van der Waals surface area contributed by atoms with Gasteiger partial charge in [-0.2, -0.15) is 0 Å². The van der Waals surface area contributed by atoms with Crippen LogP contribution < -0.4 is 0 Å². The molecule has 4 fully saturated rings. The molecule has 1 saturated heterocycles. The molecule has 0 bridgehead atoms. The first-order valence-electron chi connectivity index (χ1n) is 16.9. The van der Waals surface area contributed by atoms with E-state index in [1.165, 1.54) is 64.2 Å². The summed E-state index contributed by atoms with van der Waals surface area (Å²) in [7, 11) is 2.04. The Balaban J connectivity index is 1.17. The van der Waals surface area contributed by atoms with E-state index in [1.807, 2.05) is 14.0 Å². The van der Waals surface area contributed by atoms with Gasteiger partial charge in [-0.1, -0.05) is 57.1 Å². The molecule has 3 unspecified atom stereocenters. The zero-order valence-electron chi connectivity index (χ0n) is 26.4. The third-order valence-corrected chi connectivity index (χ3v) is 13.7. The lowest BCUT2D eigenvalue weighted by Gasteiger charge is -2.62. The number of carbonyl (C=O) groups is 2. The number of piperidine rings is 1. The second kappa shape index (κ2) is 14.1. The average Bonchev–Trinajstić information content (AvgIpc) is 3.29. The molecule has 1 aliphatic heterocycles. The van der Waals surface area contributed by atoms with Crippen molar-refractivity contribution < 1.29 is 18.9 Å². The fraction of sp³-hybridized carbons (Fsp3) is 0.941. The van der Waals surface area contributed by atoms with Crippen LogP contribution in [0.15, 0.2) is 0 Å². The van der Waals surface area contributed by atoms with Crippen LogP contribution in [0, 0.1) is 34.5 Å². The molecule has 6 heteroatoms. The predicted molar refractivity (Wildman–Crippen MR) is 164 cm³/mol. The number of likely N-dealkylation sites (tertiary alicyclic amines) is 1. The van der Waals surface area contributed by atoms with E-state index in [2.05, 4.69) is 25.7 Å². The summed E-state index contributed by atoms with van der Waals surface area (Å²) in [6.07, 6.45) is 18.9. The average molecular weight is 578 g/mol. The van der Waals surface area contributed by atoms with E-state index in [9.17, 15) is 14.1 Å². The first-order valence-corrected chi connectivity index (χ1v) is 18.4. The SMILES string of the molecule is CC[S+]([O-])CCCCCCCCCCC(=O)OC(C)[C@H]1CC[C@H]2[C@@H]3CCC4N(C)C(=O)CC[C@]4(C)[C@H]3CC[C@]12C. The number of amides is 1. The molecule has 0 N–H and O–H groups in total. The minimum atomic E-state index is -0.615. The lowest BCUT2D eigenvalue weighted by Crippen LogP contribution is -2.61. The third-order valence-electron chi connectivity index (χ3n) is 12.3. The number of hydrogen-bond donors (Lipinski definition) is 0. The van der Waals surface area contributed by atoms with Crippen molar-refractivity contribution in [3.8, 4) is 0 Å². The second-order valence-electron chi connectivity index (χ2n) is 14.4. The van der Waals surface area contributed by atoms with Crippen LogP contribution in [-0.2, 0) is 25.5 Å².